The number of hydrogen-bond acceptors (Lipinski definition) is 5. The molecule has 0 aliphatic rings. The van der Waals surface area contributed by atoms with Crippen LogP contribution in [0.1, 0.15) is 17.7 Å². The van der Waals surface area contributed by atoms with Crippen molar-refractivity contribution < 1.29 is 5.11 Å². The zero-order valence-electron chi connectivity index (χ0n) is 12.1. The average Bonchev–Trinajstić information content (AvgIpc) is 2.92. The molecule has 6 nitrogen and oxygen atoms in total. The molecule has 2 aromatic heterocycles. The highest BCUT2D eigenvalue weighted by Gasteiger charge is 2.13. The van der Waals surface area contributed by atoms with E-state index in [-0.39, 0.29) is 17.4 Å². The number of nitrogens with zero attached hydrogens (tertiary/aromatic N) is 3. The lowest BCUT2D eigenvalue weighted by Crippen LogP contribution is -2.11. The molecule has 22 heavy (non-hydrogen) atoms. The lowest BCUT2D eigenvalue weighted by molar-refractivity contribution is 0.271. The van der Waals surface area contributed by atoms with Gasteiger partial charge >= 0.3 is 0 Å². The first-order valence-electron chi connectivity index (χ1n) is 6.97. The molecule has 0 saturated heterocycles. The first-order valence-corrected chi connectivity index (χ1v) is 7.85. The summed E-state index contributed by atoms with van der Waals surface area (Å²) in [6.07, 6.45) is 1.48. The zero-order chi connectivity index (χ0) is 15.5. The Balaban J connectivity index is 1.94. The Morgan fingerprint density at radius 3 is 2.86 bits per heavy atom. The van der Waals surface area contributed by atoms with Crippen molar-refractivity contribution in [1.29, 1.82) is 0 Å². The van der Waals surface area contributed by atoms with Crippen LogP contribution in [0.3, 0.4) is 0 Å². The topological polar surface area (TPSA) is 83.8 Å². The molecule has 2 N–H and O–H groups in total. The number of aliphatic hydroxyl groups is 1. The minimum Gasteiger partial charge on any atom is -0.394 e. The van der Waals surface area contributed by atoms with E-state index in [9.17, 15) is 4.79 Å². The van der Waals surface area contributed by atoms with E-state index in [1.165, 1.54) is 23.5 Å². The summed E-state index contributed by atoms with van der Waals surface area (Å²) in [5.74, 6) is 0. The summed E-state index contributed by atoms with van der Waals surface area (Å²) in [6.45, 7) is 2.33. The molecule has 3 aromatic rings. The third-order valence-corrected chi connectivity index (χ3v) is 4.40. The maximum atomic E-state index is 12.1. The fourth-order valence-electron chi connectivity index (χ4n) is 2.22. The Bertz CT molecular complexity index is 828. The van der Waals surface area contributed by atoms with Crippen LogP contribution in [0.2, 0.25) is 0 Å². The molecule has 0 bridgehead atoms. The monoisotopic (exact) mass is 316 g/mol. The first-order chi connectivity index (χ1) is 10.7. The third-order valence-electron chi connectivity index (χ3n) is 3.35. The van der Waals surface area contributed by atoms with Crippen LogP contribution in [-0.4, -0.2) is 31.5 Å². The third kappa shape index (κ3) is 2.90. The molecular weight excluding hydrogens is 300 g/mol. The van der Waals surface area contributed by atoms with E-state index in [0.717, 1.165) is 0 Å². The zero-order valence-corrected chi connectivity index (χ0v) is 12.9. The van der Waals surface area contributed by atoms with Crippen LogP contribution in [0, 0.1) is 0 Å². The van der Waals surface area contributed by atoms with E-state index in [2.05, 4.69) is 22.0 Å². The van der Waals surface area contributed by atoms with Gasteiger partial charge in [0.25, 0.3) is 5.56 Å². The van der Waals surface area contributed by atoms with Crippen LogP contribution in [-0.2, 0) is 6.54 Å². The van der Waals surface area contributed by atoms with Gasteiger partial charge in [-0.1, -0.05) is 42.1 Å². The van der Waals surface area contributed by atoms with Gasteiger partial charge in [0.2, 0.25) is 0 Å². The van der Waals surface area contributed by atoms with Crippen LogP contribution >= 0.6 is 11.8 Å². The lowest BCUT2D eigenvalue weighted by Gasteiger charge is -2.10. The van der Waals surface area contributed by atoms with E-state index in [1.54, 1.807) is 4.68 Å². The van der Waals surface area contributed by atoms with Gasteiger partial charge in [-0.05, 0) is 12.5 Å². The number of benzene rings is 1. The van der Waals surface area contributed by atoms with Gasteiger partial charge in [0.1, 0.15) is 5.39 Å². The van der Waals surface area contributed by atoms with Crippen LogP contribution in [0.5, 0.6) is 0 Å². The van der Waals surface area contributed by atoms with E-state index >= 15 is 0 Å². The van der Waals surface area contributed by atoms with Crippen molar-refractivity contribution in [2.45, 2.75) is 23.9 Å². The highest BCUT2D eigenvalue weighted by atomic mass is 32.2. The number of aliphatic hydroxyl groups excluding tert-OH is 1. The summed E-state index contributed by atoms with van der Waals surface area (Å²) < 4.78 is 1.54. The van der Waals surface area contributed by atoms with Crippen LogP contribution < -0.4 is 5.56 Å². The Morgan fingerprint density at radius 1 is 1.36 bits per heavy atom. The molecule has 0 spiro atoms. The number of thioether (sulfide) groups is 1. The predicted octanol–water partition coefficient (Wildman–Crippen LogP) is 1.97. The second-order valence-corrected chi connectivity index (χ2v) is 6.20. The van der Waals surface area contributed by atoms with Crippen LogP contribution in [0.4, 0.5) is 0 Å². The maximum Gasteiger partial charge on any atom is 0.262 e. The fraction of sp³-hybridized carbons (Fsp3) is 0.267. The van der Waals surface area contributed by atoms with Crippen LogP contribution in [0.25, 0.3) is 11.0 Å². The second-order valence-electron chi connectivity index (χ2n) is 4.87. The summed E-state index contributed by atoms with van der Waals surface area (Å²) in [6, 6.07) is 10.0. The largest absolute Gasteiger partial charge is 0.394 e. The molecule has 114 valence electrons. The molecule has 0 aliphatic heterocycles. The van der Waals surface area contributed by atoms with Crippen molar-refractivity contribution in [3.05, 3.63) is 52.4 Å². The van der Waals surface area contributed by atoms with E-state index in [1.807, 2.05) is 30.3 Å². The van der Waals surface area contributed by atoms with Crippen LogP contribution in [0.15, 0.2) is 46.5 Å². The van der Waals surface area contributed by atoms with Gasteiger partial charge in [-0.25, -0.2) is 9.67 Å². The van der Waals surface area contributed by atoms with Gasteiger partial charge in [0.05, 0.1) is 19.3 Å². The minimum atomic E-state index is -0.211. The first kappa shape index (κ1) is 14.8. The minimum absolute atomic E-state index is 0.0475. The molecule has 1 atom stereocenters. The number of rotatable bonds is 5. The number of fused-ring (bicyclic) bond motifs is 1. The summed E-state index contributed by atoms with van der Waals surface area (Å²) in [5, 5.41) is 14.3. The smallest absolute Gasteiger partial charge is 0.262 e. The Hall–Kier alpha value is -2.12. The summed E-state index contributed by atoms with van der Waals surface area (Å²) in [4.78, 5) is 19.4. The van der Waals surface area contributed by atoms with E-state index in [4.69, 9.17) is 5.11 Å². The molecule has 0 unspecified atom stereocenters. The van der Waals surface area contributed by atoms with Gasteiger partial charge in [-0.15, -0.1) is 0 Å². The molecule has 1 aromatic carbocycles. The summed E-state index contributed by atoms with van der Waals surface area (Å²) in [7, 11) is 0. The molecule has 2 heterocycles. The number of aromatic amines is 1. The highest BCUT2D eigenvalue weighted by Crippen LogP contribution is 2.32. The van der Waals surface area contributed by atoms with Gasteiger partial charge in [0, 0.05) is 5.25 Å². The van der Waals surface area contributed by atoms with Crippen molar-refractivity contribution >= 4 is 22.8 Å². The molecule has 0 fully saturated rings. The number of aromatic nitrogens is 4. The van der Waals surface area contributed by atoms with Gasteiger partial charge in [0.15, 0.2) is 10.8 Å². The summed E-state index contributed by atoms with van der Waals surface area (Å²) >= 11 is 1.49. The van der Waals surface area contributed by atoms with Gasteiger partial charge < -0.3 is 10.1 Å². The predicted molar refractivity (Wildman–Crippen MR) is 85.9 cm³/mol. The standard InChI is InChI=1S/C15H16N4O2S/c1-10(11-5-3-2-4-6-11)22-15-17-13-12(14(21)18-15)9-16-19(13)7-8-20/h2-6,9-10,20H,7-8H2,1H3,(H,17,18,21)/t10-/m1/s1. The van der Waals surface area contributed by atoms with Gasteiger partial charge in [-0.3, -0.25) is 4.79 Å². The maximum absolute atomic E-state index is 12.1. The Morgan fingerprint density at radius 2 is 2.14 bits per heavy atom. The normalized spacial score (nSPS) is 12.6. The molecule has 3 rings (SSSR count). The Labute approximate surface area is 131 Å². The summed E-state index contributed by atoms with van der Waals surface area (Å²) in [5.41, 5.74) is 1.46. The van der Waals surface area contributed by atoms with Crippen molar-refractivity contribution in [2.75, 3.05) is 6.61 Å². The molecule has 0 saturated carbocycles. The van der Waals surface area contributed by atoms with E-state index in [0.29, 0.717) is 22.7 Å². The molecular formula is C15H16N4O2S. The molecule has 0 radical (unpaired) electrons. The van der Waals surface area contributed by atoms with Crippen molar-refractivity contribution in [2.24, 2.45) is 0 Å². The SMILES string of the molecule is C[C@@H](Sc1nc2c(cnn2CCO)c(=O)[nH]1)c1ccccc1. The Kier molecular flexibility index (Phi) is 4.26. The van der Waals surface area contributed by atoms with E-state index < -0.39 is 0 Å². The fourth-order valence-corrected chi connectivity index (χ4v) is 3.14. The molecule has 0 aliphatic carbocycles. The van der Waals surface area contributed by atoms with Crippen molar-refractivity contribution in [3.63, 3.8) is 0 Å². The van der Waals surface area contributed by atoms with Crippen molar-refractivity contribution in [1.82, 2.24) is 19.7 Å². The van der Waals surface area contributed by atoms with Crippen molar-refractivity contribution in [3.8, 4) is 0 Å². The number of nitrogens with one attached hydrogen (secondary N) is 1. The molecule has 7 heteroatoms. The average molecular weight is 316 g/mol. The number of H-pyrrole nitrogens is 1. The highest BCUT2D eigenvalue weighted by molar-refractivity contribution is 7.99. The molecule has 0 amide bonds. The number of hydrogen-bond donors (Lipinski definition) is 2. The lowest BCUT2D eigenvalue weighted by atomic mass is 10.2. The quantitative estimate of drug-likeness (QED) is 0.555. The van der Waals surface area contributed by atoms with Gasteiger partial charge in [-0.2, -0.15) is 5.10 Å². The second kappa shape index (κ2) is 6.33.